The zero-order valence-electron chi connectivity index (χ0n) is 11.1. The number of rotatable bonds is 8. The molecule has 0 amide bonds. The maximum atomic E-state index is 11.7. The molecule has 0 radical (unpaired) electrons. The average Bonchev–Trinajstić information content (AvgIpc) is 2.32. The minimum absolute atomic E-state index is 0.143. The molecule has 0 aliphatic rings. The second-order valence-corrected chi connectivity index (χ2v) is 6.17. The number of aryl methyl sites for hydroxylation is 1. The molecule has 0 aliphatic carbocycles. The van der Waals surface area contributed by atoms with Crippen molar-refractivity contribution in [1.82, 2.24) is 5.32 Å². The van der Waals surface area contributed by atoms with Crippen LogP contribution in [-0.2, 0) is 16.4 Å². The highest BCUT2D eigenvalue weighted by Crippen LogP contribution is 2.12. The molecule has 102 valence electrons. The third kappa shape index (κ3) is 5.51. The van der Waals surface area contributed by atoms with Crippen LogP contribution in [0.5, 0.6) is 0 Å². The van der Waals surface area contributed by atoms with E-state index in [0.717, 1.165) is 12.8 Å². The number of hydrogen-bond donors (Lipinski definition) is 2. The summed E-state index contributed by atoms with van der Waals surface area (Å²) in [7, 11) is -1.41. The molecule has 0 saturated carbocycles. The predicted octanol–water partition coefficient (Wildman–Crippen LogP) is 1.99. The van der Waals surface area contributed by atoms with Gasteiger partial charge in [0.2, 0.25) is 10.0 Å². The van der Waals surface area contributed by atoms with Crippen LogP contribution in [0.2, 0.25) is 0 Å². The van der Waals surface area contributed by atoms with Gasteiger partial charge in [-0.1, -0.05) is 25.5 Å². The van der Waals surface area contributed by atoms with Crippen molar-refractivity contribution in [3.8, 4) is 0 Å². The minimum Gasteiger partial charge on any atom is -0.320 e. The molecule has 0 unspecified atom stereocenters. The molecule has 1 rings (SSSR count). The predicted molar refractivity (Wildman–Crippen MR) is 76.4 cm³/mol. The second-order valence-electron chi connectivity index (χ2n) is 4.32. The number of nitrogens with one attached hydrogen (secondary N) is 2. The number of sulfonamides is 1. The molecule has 2 N–H and O–H groups in total. The maximum absolute atomic E-state index is 11.7. The molecule has 0 saturated heterocycles. The molecular weight excluding hydrogens is 248 g/mol. The minimum atomic E-state index is -3.22. The van der Waals surface area contributed by atoms with Crippen molar-refractivity contribution in [1.29, 1.82) is 0 Å². The Morgan fingerprint density at radius 2 is 1.83 bits per heavy atom. The van der Waals surface area contributed by atoms with E-state index in [-0.39, 0.29) is 5.75 Å². The van der Waals surface area contributed by atoms with Crippen LogP contribution >= 0.6 is 0 Å². The molecule has 5 heteroatoms. The van der Waals surface area contributed by atoms with Gasteiger partial charge in [0, 0.05) is 5.69 Å². The van der Waals surface area contributed by atoms with Crippen molar-refractivity contribution >= 4 is 15.7 Å². The summed E-state index contributed by atoms with van der Waals surface area (Å²) in [6.45, 7) is 2.83. The van der Waals surface area contributed by atoms with Crippen LogP contribution in [0.4, 0.5) is 5.69 Å². The van der Waals surface area contributed by atoms with Crippen molar-refractivity contribution in [2.45, 2.75) is 26.2 Å². The number of benzene rings is 1. The fourth-order valence-corrected chi connectivity index (χ4v) is 2.82. The van der Waals surface area contributed by atoms with Gasteiger partial charge in [-0.25, -0.2) is 8.42 Å². The Morgan fingerprint density at radius 1 is 1.17 bits per heavy atom. The van der Waals surface area contributed by atoms with Crippen LogP contribution in [0.15, 0.2) is 24.3 Å². The summed E-state index contributed by atoms with van der Waals surface area (Å²) in [5.74, 6) is 0.143. The molecule has 0 spiro atoms. The van der Waals surface area contributed by atoms with Crippen LogP contribution in [0.1, 0.15) is 25.3 Å². The Balaban J connectivity index is 2.55. The molecule has 0 heterocycles. The zero-order valence-corrected chi connectivity index (χ0v) is 11.9. The van der Waals surface area contributed by atoms with E-state index >= 15 is 0 Å². The first-order chi connectivity index (χ1) is 8.57. The lowest BCUT2D eigenvalue weighted by molar-refractivity contribution is 0.597. The lowest BCUT2D eigenvalue weighted by Gasteiger charge is -2.08. The first kappa shape index (κ1) is 15.0. The summed E-state index contributed by atoms with van der Waals surface area (Å²) in [4.78, 5) is 0. The van der Waals surface area contributed by atoms with E-state index in [1.54, 1.807) is 0 Å². The molecule has 0 atom stereocenters. The fraction of sp³-hybridized carbons (Fsp3) is 0.538. The normalized spacial score (nSPS) is 11.4. The first-order valence-corrected chi connectivity index (χ1v) is 7.96. The Bertz CT molecular complexity index is 441. The van der Waals surface area contributed by atoms with E-state index < -0.39 is 10.0 Å². The summed E-state index contributed by atoms with van der Waals surface area (Å²) >= 11 is 0. The van der Waals surface area contributed by atoms with Crippen molar-refractivity contribution in [3.05, 3.63) is 29.8 Å². The molecule has 1 aromatic rings. The van der Waals surface area contributed by atoms with Crippen LogP contribution in [0, 0.1) is 0 Å². The highest BCUT2D eigenvalue weighted by Gasteiger charge is 2.09. The van der Waals surface area contributed by atoms with Gasteiger partial charge in [-0.05, 0) is 44.1 Å². The molecule has 18 heavy (non-hydrogen) atoms. The highest BCUT2D eigenvalue weighted by molar-refractivity contribution is 7.92. The standard InChI is InChI=1S/C13H22N2O2S/c1-3-5-12-6-8-13(9-7-12)15-18(16,17)11-4-10-14-2/h6-9,14-15H,3-5,10-11H2,1-2H3. The van der Waals surface area contributed by atoms with Crippen LogP contribution < -0.4 is 10.0 Å². The molecule has 0 bridgehead atoms. The van der Waals surface area contributed by atoms with Crippen molar-refractivity contribution in [3.63, 3.8) is 0 Å². The fourth-order valence-electron chi connectivity index (χ4n) is 1.70. The van der Waals surface area contributed by atoms with Gasteiger partial charge in [0.15, 0.2) is 0 Å². The van der Waals surface area contributed by atoms with Gasteiger partial charge in [-0.3, -0.25) is 4.72 Å². The molecule has 0 aliphatic heterocycles. The maximum Gasteiger partial charge on any atom is 0.232 e. The van der Waals surface area contributed by atoms with Crippen molar-refractivity contribution in [2.75, 3.05) is 24.1 Å². The highest BCUT2D eigenvalue weighted by atomic mass is 32.2. The van der Waals surface area contributed by atoms with Crippen LogP contribution in [-0.4, -0.2) is 27.8 Å². The van der Waals surface area contributed by atoms with Gasteiger partial charge >= 0.3 is 0 Å². The molecular formula is C13H22N2O2S. The van der Waals surface area contributed by atoms with Gasteiger partial charge in [0.1, 0.15) is 0 Å². The first-order valence-electron chi connectivity index (χ1n) is 6.31. The summed E-state index contributed by atoms with van der Waals surface area (Å²) in [5.41, 5.74) is 1.87. The number of anilines is 1. The Labute approximate surface area is 110 Å². The largest absolute Gasteiger partial charge is 0.320 e. The van der Waals surface area contributed by atoms with E-state index in [1.165, 1.54) is 5.56 Å². The Hall–Kier alpha value is -1.07. The lowest BCUT2D eigenvalue weighted by atomic mass is 10.1. The van der Waals surface area contributed by atoms with Crippen LogP contribution in [0.3, 0.4) is 0 Å². The average molecular weight is 270 g/mol. The monoisotopic (exact) mass is 270 g/mol. The summed E-state index contributed by atoms with van der Waals surface area (Å²) in [5, 5.41) is 2.93. The SMILES string of the molecule is CCCc1ccc(NS(=O)(=O)CCCNC)cc1. The third-order valence-corrected chi connectivity index (χ3v) is 3.98. The zero-order chi connectivity index (χ0) is 13.4. The van der Waals surface area contributed by atoms with E-state index in [9.17, 15) is 8.42 Å². The molecule has 4 nitrogen and oxygen atoms in total. The van der Waals surface area contributed by atoms with Gasteiger partial charge in [-0.15, -0.1) is 0 Å². The van der Waals surface area contributed by atoms with Gasteiger partial charge < -0.3 is 5.32 Å². The van der Waals surface area contributed by atoms with Crippen molar-refractivity contribution < 1.29 is 8.42 Å². The van der Waals surface area contributed by atoms with Crippen molar-refractivity contribution in [2.24, 2.45) is 0 Å². The summed E-state index contributed by atoms with van der Waals surface area (Å²) < 4.78 is 26.1. The molecule has 1 aromatic carbocycles. The molecule has 0 fully saturated rings. The van der Waals surface area contributed by atoms with Gasteiger partial charge in [0.25, 0.3) is 0 Å². The van der Waals surface area contributed by atoms with Crippen LogP contribution in [0.25, 0.3) is 0 Å². The summed E-state index contributed by atoms with van der Waals surface area (Å²) in [6.07, 6.45) is 2.73. The smallest absolute Gasteiger partial charge is 0.232 e. The Morgan fingerprint density at radius 3 is 2.39 bits per heavy atom. The quantitative estimate of drug-likeness (QED) is 0.710. The van der Waals surface area contributed by atoms with E-state index in [4.69, 9.17) is 0 Å². The molecule has 0 aromatic heterocycles. The summed E-state index contributed by atoms with van der Waals surface area (Å²) in [6, 6.07) is 7.57. The topological polar surface area (TPSA) is 58.2 Å². The van der Waals surface area contributed by atoms with E-state index in [0.29, 0.717) is 18.7 Å². The Kier molecular flexibility index (Phi) is 6.15. The van der Waals surface area contributed by atoms with Gasteiger partial charge in [0.05, 0.1) is 5.75 Å². The second kappa shape index (κ2) is 7.38. The van der Waals surface area contributed by atoms with Gasteiger partial charge in [-0.2, -0.15) is 0 Å². The lowest BCUT2D eigenvalue weighted by Crippen LogP contribution is -2.20. The van der Waals surface area contributed by atoms with E-state index in [1.807, 2.05) is 31.3 Å². The number of hydrogen-bond acceptors (Lipinski definition) is 3. The third-order valence-electron chi connectivity index (χ3n) is 2.61. The van der Waals surface area contributed by atoms with E-state index in [2.05, 4.69) is 17.0 Å².